The van der Waals surface area contributed by atoms with Crippen LogP contribution in [0, 0.1) is 0 Å². The summed E-state index contributed by atoms with van der Waals surface area (Å²) in [5.41, 5.74) is 1.67. The maximum Gasteiger partial charge on any atom is 0.205 e. The summed E-state index contributed by atoms with van der Waals surface area (Å²) in [6, 6.07) is 0.0444. The van der Waals surface area contributed by atoms with Crippen LogP contribution in [0.3, 0.4) is 0 Å². The van der Waals surface area contributed by atoms with Crippen molar-refractivity contribution in [2.24, 2.45) is 0 Å². The molecule has 0 spiro atoms. The molecule has 1 N–H and O–H groups in total. The van der Waals surface area contributed by atoms with E-state index < -0.39 is 0 Å². The maximum absolute atomic E-state index is 5.08. The highest BCUT2D eigenvalue weighted by Gasteiger charge is 2.16. The van der Waals surface area contributed by atoms with Crippen LogP contribution in [0.1, 0.15) is 6.92 Å². The Morgan fingerprint density at radius 2 is 2.15 bits per heavy atom. The Morgan fingerprint density at radius 1 is 1.46 bits per heavy atom. The summed E-state index contributed by atoms with van der Waals surface area (Å²) in [5.74, 6) is 0. The lowest BCUT2D eigenvalue weighted by atomic mass is 10.3. The summed E-state index contributed by atoms with van der Waals surface area (Å²) in [6.07, 6.45) is -0.274. The molecule has 6 heteroatoms. The molecule has 0 aliphatic carbocycles. The zero-order valence-corrected chi connectivity index (χ0v) is 8.67. The van der Waals surface area contributed by atoms with Gasteiger partial charge in [-0.15, -0.1) is 10.2 Å². The minimum absolute atomic E-state index is 0.0444. The van der Waals surface area contributed by atoms with Gasteiger partial charge in [0.15, 0.2) is 6.29 Å². The first kappa shape index (κ1) is 10.4. The summed E-state index contributed by atoms with van der Waals surface area (Å²) in [4.78, 5) is 0. The van der Waals surface area contributed by atoms with Crippen LogP contribution in [0.4, 0.5) is 5.13 Å². The molecule has 13 heavy (non-hydrogen) atoms. The molecule has 0 saturated carbocycles. The van der Waals surface area contributed by atoms with Crippen LogP contribution in [-0.2, 0) is 9.47 Å². The number of rotatable bonds is 5. The second-order valence-electron chi connectivity index (χ2n) is 2.52. The molecular formula is C7H13N3O2S. The fraction of sp³-hybridized carbons (Fsp3) is 0.714. The monoisotopic (exact) mass is 203 g/mol. The number of ether oxygens (including phenoxy) is 2. The molecule has 1 unspecified atom stereocenters. The number of aromatic nitrogens is 2. The van der Waals surface area contributed by atoms with Gasteiger partial charge in [-0.1, -0.05) is 11.3 Å². The van der Waals surface area contributed by atoms with E-state index in [0.29, 0.717) is 0 Å². The average molecular weight is 203 g/mol. The van der Waals surface area contributed by atoms with Crippen molar-refractivity contribution in [1.82, 2.24) is 10.2 Å². The molecule has 74 valence electrons. The van der Waals surface area contributed by atoms with E-state index in [1.54, 1.807) is 19.7 Å². The Kier molecular flexibility index (Phi) is 4.07. The first-order valence-electron chi connectivity index (χ1n) is 3.86. The fourth-order valence-corrected chi connectivity index (χ4v) is 1.55. The van der Waals surface area contributed by atoms with E-state index in [2.05, 4.69) is 15.5 Å². The molecule has 0 radical (unpaired) electrons. The van der Waals surface area contributed by atoms with E-state index in [9.17, 15) is 0 Å². The van der Waals surface area contributed by atoms with E-state index in [0.717, 1.165) is 5.13 Å². The van der Waals surface area contributed by atoms with Crippen molar-refractivity contribution >= 4 is 16.5 Å². The Labute approximate surface area is 81.1 Å². The Morgan fingerprint density at radius 3 is 2.62 bits per heavy atom. The first-order chi connectivity index (χ1) is 6.27. The SMILES string of the molecule is COC(OC)C(C)Nc1nncs1. The van der Waals surface area contributed by atoms with Crippen LogP contribution in [0.25, 0.3) is 0 Å². The van der Waals surface area contributed by atoms with Crippen molar-refractivity contribution in [2.45, 2.75) is 19.3 Å². The number of hydrogen-bond donors (Lipinski definition) is 1. The maximum atomic E-state index is 5.08. The summed E-state index contributed by atoms with van der Waals surface area (Å²) >= 11 is 1.45. The molecule has 0 aliphatic rings. The van der Waals surface area contributed by atoms with Crippen LogP contribution >= 0.6 is 11.3 Å². The Bertz CT molecular complexity index is 226. The van der Waals surface area contributed by atoms with Crippen LogP contribution in [0.2, 0.25) is 0 Å². The molecule has 0 aliphatic heterocycles. The van der Waals surface area contributed by atoms with Crippen molar-refractivity contribution in [2.75, 3.05) is 19.5 Å². The predicted molar refractivity (Wildman–Crippen MR) is 50.8 cm³/mol. The van der Waals surface area contributed by atoms with Gasteiger partial charge in [0.25, 0.3) is 0 Å². The zero-order chi connectivity index (χ0) is 9.68. The van der Waals surface area contributed by atoms with Gasteiger partial charge in [-0.3, -0.25) is 0 Å². The molecule has 1 atom stereocenters. The molecule has 1 aromatic rings. The normalized spacial score (nSPS) is 13.2. The van der Waals surface area contributed by atoms with Crippen molar-refractivity contribution in [1.29, 1.82) is 0 Å². The summed E-state index contributed by atoms with van der Waals surface area (Å²) in [6.45, 7) is 1.96. The molecule has 5 nitrogen and oxygen atoms in total. The Balaban J connectivity index is 2.44. The van der Waals surface area contributed by atoms with Crippen LogP contribution in [-0.4, -0.2) is 36.7 Å². The van der Waals surface area contributed by atoms with Gasteiger partial charge in [0.2, 0.25) is 5.13 Å². The third-order valence-corrected chi connectivity index (χ3v) is 2.21. The van der Waals surface area contributed by atoms with Gasteiger partial charge in [0, 0.05) is 14.2 Å². The van der Waals surface area contributed by atoms with Gasteiger partial charge in [-0.25, -0.2) is 0 Å². The molecule has 0 fully saturated rings. The standard InChI is InChI=1S/C7H13N3O2S/c1-5(6(11-2)12-3)9-7-10-8-4-13-7/h4-6H,1-3H3,(H,9,10). The van der Waals surface area contributed by atoms with Gasteiger partial charge >= 0.3 is 0 Å². The quantitative estimate of drug-likeness (QED) is 0.722. The number of hydrogen-bond acceptors (Lipinski definition) is 6. The number of nitrogens with one attached hydrogen (secondary N) is 1. The lowest BCUT2D eigenvalue weighted by molar-refractivity contribution is -0.109. The summed E-state index contributed by atoms with van der Waals surface area (Å²) < 4.78 is 10.2. The largest absolute Gasteiger partial charge is 0.354 e. The van der Waals surface area contributed by atoms with Crippen LogP contribution < -0.4 is 5.32 Å². The number of nitrogens with zero attached hydrogens (tertiary/aromatic N) is 2. The molecule has 0 amide bonds. The lowest BCUT2D eigenvalue weighted by Gasteiger charge is -2.21. The molecule has 1 heterocycles. The van der Waals surface area contributed by atoms with Crippen LogP contribution in [0.15, 0.2) is 5.51 Å². The van der Waals surface area contributed by atoms with Crippen LogP contribution in [0.5, 0.6) is 0 Å². The van der Waals surface area contributed by atoms with E-state index in [1.165, 1.54) is 11.3 Å². The molecule has 1 aromatic heterocycles. The molecule has 0 aromatic carbocycles. The van der Waals surface area contributed by atoms with Crippen molar-refractivity contribution < 1.29 is 9.47 Å². The Hall–Kier alpha value is -0.720. The first-order valence-corrected chi connectivity index (χ1v) is 4.74. The summed E-state index contributed by atoms with van der Waals surface area (Å²) in [5, 5.41) is 11.5. The molecule has 0 bridgehead atoms. The van der Waals surface area contributed by atoms with Crippen molar-refractivity contribution in [3.05, 3.63) is 5.51 Å². The van der Waals surface area contributed by atoms with Crippen molar-refractivity contribution in [3.8, 4) is 0 Å². The highest BCUT2D eigenvalue weighted by molar-refractivity contribution is 7.13. The van der Waals surface area contributed by atoms with Gasteiger partial charge < -0.3 is 14.8 Å². The average Bonchev–Trinajstić information content (AvgIpc) is 2.59. The number of methoxy groups -OCH3 is 2. The molecular weight excluding hydrogens is 190 g/mol. The third kappa shape index (κ3) is 2.91. The van der Waals surface area contributed by atoms with Gasteiger partial charge in [-0.05, 0) is 6.92 Å². The van der Waals surface area contributed by atoms with E-state index in [4.69, 9.17) is 9.47 Å². The van der Waals surface area contributed by atoms with Gasteiger partial charge in [0.05, 0.1) is 6.04 Å². The lowest BCUT2D eigenvalue weighted by Crippen LogP contribution is -2.33. The van der Waals surface area contributed by atoms with Gasteiger partial charge in [0.1, 0.15) is 5.51 Å². The zero-order valence-electron chi connectivity index (χ0n) is 7.85. The van der Waals surface area contributed by atoms with Crippen molar-refractivity contribution in [3.63, 3.8) is 0 Å². The van der Waals surface area contributed by atoms with E-state index >= 15 is 0 Å². The minimum Gasteiger partial charge on any atom is -0.354 e. The predicted octanol–water partition coefficient (Wildman–Crippen LogP) is 0.957. The third-order valence-electron chi connectivity index (χ3n) is 1.58. The van der Waals surface area contributed by atoms with Gasteiger partial charge in [-0.2, -0.15) is 0 Å². The second kappa shape index (κ2) is 5.11. The molecule has 0 saturated heterocycles. The number of anilines is 1. The summed E-state index contributed by atoms with van der Waals surface area (Å²) in [7, 11) is 3.21. The highest BCUT2D eigenvalue weighted by Crippen LogP contribution is 2.12. The highest BCUT2D eigenvalue weighted by atomic mass is 32.1. The van der Waals surface area contributed by atoms with E-state index in [1.807, 2.05) is 6.92 Å². The smallest absolute Gasteiger partial charge is 0.205 e. The topological polar surface area (TPSA) is 56.3 Å². The minimum atomic E-state index is -0.274. The molecule has 1 rings (SSSR count). The van der Waals surface area contributed by atoms with E-state index in [-0.39, 0.29) is 12.3 Å². The fourth-order valence-electron chi connectivity index (χ4n) is 1.00. The second-order valence-corrected chi connectivity index (χ2v) is 3.35.